The highest BCUT2D eigenvalue weighted by Gasteiger charge is 2.05. The van der Waals surface area contributed by atoms with Gasteiger partial charge in [-0.15, -0.1) is 0 Å². The summed E-state index contributed by atoms with van der Waals surface area (Å²) >= 11 is 0. The molecule has 0 saturated heterocycles. The second-order valence-corrected chi connectivity index (χ2v) is 4.70. The van der Waals surface area contributed by atoms with Crippen LogP contribution in [0.2, 0.25) is 0 Å². The van der Waals surface area contributed by atoms with E-state index in [0.717, 1.165) is 16.9 Å². The molecular weight excluding hydrogens is 270 g/mol. The van der Waals surface area contributed by atoms with Gasteiger partial charge in [-0.25, -0.2) is 4.98 Å². The maximum atomic E-state index is 10.5. The van der Waals surface area contributed by atoms with Crippen LogP contribution in [0.15, 0.2) is 36.5 Å². The van der Waals surface area contributed by atoms with Gasteiger partial charge in [-0.05, 0) is 37.1 Å². The number of benzene rings is 1. The number of rotatable bonds is 6. The third-order valence-electron chi connectivity index (χ3n) is 2.97. The molecule has 1 aromatic carbocycles. The molecule has 0 bridgehead atoms. The van der Waals surface area contributed by atoms with E-state index in [0.29, 0.717) is 19.0 Å². The summed E-state index contributed by atoms with van der Waals surface area (Å²) in [4.78, 5) is 14.0. The molecule has 1 aromatic heterocycles. The van der Waals surface area contributed by atoms with Crippen LogP contribution in [0.4, 0.5) is 11.5 Å². The van der Waals surface area contributed by atoms with E-state index >= 15 is 0 Å². The lowest BCUT2D eigenvalue weighted by molar-refractivity contribution is -0.385. The molecule has 1 heterocycles. The van der Waals surface area contributed by atoms with Crippen LogP contribution >= 0.6 is 0 Å². The molecule has 0 amide bonds. The quantitative estimate of drug-likeness (QED) is 0.502. The van der Waals surface area contributed by atoms with Crippen LogP contribution in [0, 0.1) is 24.0 Å². The smallest absolute Gasteiger partial charge is 0.287 e. The number of nitrogens with zero attached hydrogens (tertiary/aromatic N) is 2. The molecule has 21 heavy (non-hydrogen) atoms. The standard InChI is InChI=1S/C15H17N3O3/c1-11-3-4-12(2)14(9-11)21-8-7-16-15-6-5-13(10-17-15)18(19)20/h3-6,9-10H,7-8H2,1-2H3,(H,16,17). The minimum atomic E-state index is -0.472. The third kappa shape index (κ3) is 4.17. The summed E-state index contributed by atoms with van der Waals surface area (Å²) in [5.74, 6) is 1.46. The number of aryl methyl sites for hydroxylation is 2. The van der Waals surface area contributed by atoms with Crippen molar-refractivity contribution in [3.05, 3.63) is 57.8 Å². The lowest BCUT2D eigenvalue weighted by atomic mass is 10.1. The zero-order valence-electron chi connectivity index (χ0n) is 12.0. The molecule has 0 saturated carbocycles. The fraction of sp³-hybridized carbons (Fsp3) is 0.267. The Morgan fingerprint density at radius 3 is 2.76 bits per heavy atom. The van der Waals surface area contributed by atoms with Gasteiger partial charge in [0.25, 0.3) is 5.69 Å². The lowest BCUT2D eigenvalue weighted by Crippen LogP contribution is -2.12. The largest absolute Gasteiger partial charge is 0.491 e. The number of nitrogens with one attached hydrogen (secondary N) is 1. The fourth-order valence-electron chi connectivity index (χ4n) is 1.80. The van der Waals surface area contributed by atoms with E-state index in [2.05, 4.69) is 10.3 Å². The average molecular weight is 287 g/mol. The molecule has 0 aliphatic rings. The van der Waals surface area contributed by atoms with Gasteiger partial charge in [-0.3, -0.25) is 10.1 Å². The molecule has 1 N–H and O–H groups in total. The first-order chi connectivity index (χ1) is 10.1. The Morgan fingerprint density at radius 2 is 2.10 bits per heavy atom. The first-order valence-electron chi connectivity index (χ1n) is 6.60. The Morgan fingerprint density at radius 1 is 1.29 bits per heavy atom. The monoisotopic (exact) mass is 287 g/mol. The molecule has 6 heteroatoms. The Bertz CT molecular complexity index is 627. The predicted octanol–water partition coefficient (Wildman–Crippen LogP) is 3.10. The van der Waals surface area contributed by atoms with Crippen molar-refractivity contribution in [1.82, 2.24) is 4.98 Å². The number of hydrogen-bond donors (Lipinski definition) is 1. The molecule has 2 rings (SSSR count). The summed E-state index contributed by atoms with van der Waals surface area (Å²) in [5.41, 5.74) is 2.22. The number of nitro groups is 1. The van der Waals surface area contributed by atoms with Crippen molar-refractivity contribution < 1.29 is 9.66 Å². The summed E-state index contributed by atoms with van der Waals surface area (Å²) in [5, 5.41) is 13.6. The van der Waals surface area contributed by atoms with Crippen LogP contribution in [-0.2, 0) is 0 Å². The van der Waals surface area contributed by atoms with Crippen LogP contribution in [0.5, 0.6) is 5.75 Å². The van der Waals surface area contributed by atoms with Crippen molar-refractivity contribution in [2.24, 2.45) is 0 Å². The van der Waals surface area contributed by atoms with Gasteiger partial charge in [-0.2, -0.15) is 0 Å². The highest BCUT2D eigenvalue weighted by Crippen LogP contribution is 2.19. The van der Waals surface area contributed by atoms with Gasteiger partial charge < -0.3 is 10.1 Å². The number of anilines is 1. The Hall–Kier alpha value is -2.63. The number of ether oxygens (including phenoxy) is 1. The molecule has 110 valence electrons. The van der Waals surface area contributed by atoms with E-state index in [1.165, 1.54) is 12.3 Å². The van der Waals surface area contributed by atoms with Crippen LogP contribution in [0.1, 0.15) is 11.1 Å². The molecule has 0 atom stereocenters. The Labute approximate surface area is 122 Å². The summed E-state index contributed by atoms with van der Waals surface area (Å²) in [6.45, 7) is 5.08. The molecule has 0 fully saturated rings. The summed E-state index contributed by atoms with van der Waals surface area (Å²) in [6, 6.07) is 9.06. The summed E-state index contributed by atoms with van der Waals surface area (Å²) in [6.07, 6.45) is 1.23. The van der Waals surface area contributed by atoms with E-state index in [1.54, 1.807) is 6.07 Å². The maximum absolute atomic E-state index is 10.5. The predicted molar refractivity (Wildman–Crippen MR) is 80.8 cm³/mol. The first kappa shape index (κ1) is 14.8. The van der Waals surface area contributed by atoms with Crippen molar-refractivity contribution in [3.8, 4) is 5.75 Å². The molecule has 2 aromatic rings. The molecule has 6 nitrogen and oxygen atoms in total. The van der Waals surface area contributed by atoms with E-state index < -0.39 is 4.92 Å². The van der Waals surface area contributed by atoms with Gasteiger partial charge in [0.2, 0.25) is 0 Å². The van der Waals surface area contributed by atoms with E-state index in [4.69, 9.17) is 4.74 Å². The fourth-order valence-corrected chi connectivity index (χ4v) is 1.80. The molecule has 0 radical (unpaired) electrons. The minimum Gasteiger partial charge on any atom is -0.491 e. The van der Waals surface area contributed by atoms with Gasteiger partial charge in [0.05, 0.1) is 11.5 Å². The van der Waals surface area contributed by atoms with Crippen LogP contribution in [0.25, 0.3) is 0 Å². The van der Waals surface area contributed by atoms with Gasteiger partial charge in [0, 0.05) is 6.07 Å². The van der Waals surface area contributed by atoms with Crippen molar-refractivity contribution >= 4 is 11.5 Å². The van der Waals surface area contributed by atoms with Gasteiger partial charge in [0.15, 0.2) is 0 Å². The number of pyridine rings is 1. The highest BCUT2D eigenvalue weighted by molar-refractivity contribution is 5.40. The number of hydrogen-bond acceptors (Lipinski definition) is 5. The SMILES string of the molecule is Cc1ccc(C)c(OCCNc2ccc([N+](=O)[O-])cn2)c1. The Balaban J connectivity index is 1.81. The van der Waals surface area contributed by atoms with Crippen molar-refractivity contribution in [3.63, 3.8) is 0 Å². The Kier molecular flexibility index (Phi) is 4.71. The average Bonchev–Trinajstić information content (AvgIpc) is 2.47. The van der Waals surface area contributed by atoms with Crippen LogP contribution in [-0.4, -0.2) is 23.1 Å². The molecule has 0 aliphatic heterocycles. The third-order valence-corrected chi connectivity index (χ3v) is 2.97. The minimum absolute atomic E-state index is 0.0211. The number of aromatic nitrogens is 1. The molecule has 0 aliphatic carbocycles. The highest BCUT2D eigenvalue weighted by atomic mass is 16.6. The zero-order valence-corrected chi connectivity index (χ0v) is 12.0. The lowest BCUT2D eigenvalue weighted by Gasteiger charge is -2.10. The van der Waals surface area contributed by atoms with Crippen molar-refractivity contribution in [2.75, 3.05) is 18.5 Å². The molecular formula is C15H17N3O3. The van der Waals surface area contributed by atoms with E-state index in [-0.39, 0.29) is 5.69 Å². The molecule has 0 unspecified atom stereocenters. The second-order valence-electron chi connectivity index (χ2n) is 4.70. The van der Waals surface area contributed by atoms with Gasteiger partial charge in [0.1, 0.15) is 24.4 Å². The normalized spacial score (nSPS) is 10.2. The maximum Gasteiger partial charge on any atom is 0.287 e. The van der Waals surface area contributed by atoms with Crippen LogP contribution < -0.4 is 10.1 Å². The first-order valence-corrected chi connectivity index (χ1v) is 6.60. The van der Waals surface area contributed by atoms with Crippen molar-refractivity contribution in [2.45, 2.75) is 13.8 Å². The van der Waals surface area contributed by atoms with Gasteiger partial charge in [-0.1, -0.05) is 12.1 Å². The topological polar surface area (TPSA) is 77.3 Å². The van der Waals surface area contributed by atoms with E-state index in [9.17, 15) is 10.1 Å². The zero-order chi connectivity index (χ0) is 15.2. The summed E-state index contributed by atoms with van der Waals surface area (Å²) < 4.78 is 5.70. The van der Waals surface area contributed by atoms with Crippen molar-refractivity contribution in [1.29, 1.82) is 0 Å². The van der Waals surface area contributed by atoms with Crippen LogP contribution in [0.3, 0.4) is 0 Å². The van der Waals surface area contributed by atoms with E-state index in [1.807, 2.05) is 32.0 Å². The summed E-state index contributed by atoms with van der Waals surface area (Å²) in [7, 11) is 0. The second kappa shape index (κ2) is 6.69. The molecule has 0 spiro atoms. The van der Waals surface area contributed by atoms with Gasteiger partial charge >= 0.3 is 0 Å².